The van der Waals surface area contributed by atoms with Crippen molar-refractivity contribution in [3.8, 4) is 5.75 Å². The van der Waals surface area contributed by atoms with E-state index in [4.69, 9.17) is 20.2 Å². The lowest BCUT2D eigenvalue weighted by molar-refractivity contribution is 0.0695. The third-order valence-corrected chi connectivity index (χ3v) is 7.65. The van der Waals surface area contributed by atoms with Gasteiger partial charge in [0.2, 0.25) is 5.95 Å². The number of nitrogen functional groups attached to an aromatic ring is 1. The number of imidazole rings is 1. The van der Waals surface area contributed by atoms with Crippen molar-refractivity contribution >= 4 is 40.1 Å². The van der Waals surface area contributed by atoms with Gasteiger partial charge in [0.25, 0.3) is 5.91 Å². The number of hydrogen-bond acceptors (Lipinski definition) is 8. The van der Waals surface area contributed by atoms with Crippen LogP contribution in [-0.2, 0) is 18.4 Å². The number of fused-ring (bicyclic) bond motifs is 1. The summed E-state index contributed by atoms with van der Waals surface area (Å²) in [7, 11) is 1.74. The quantitative estimate of drug-likeness (QED) is 0.220. The van der Waals surface area contributed by atoms with Crippen LogP contribution in [0, 0.1) is 6.92 Å². The normalized spacial score (nSPS) is 13.6. The molecule has 0 atom stereocenters. The van der Waals surface area contributed by atoms with Crippen molar-refractivity contribution < 1.29 is 14.3 Å². The van der Waals surface area contributed by atoms with Crippen LogP contribution in [-0.4, -0.2) is 38.2 Å². The third-order valence-electron chi connectivity index (χ3n) is 7.65. The molecule has 1 aliphatic heterocycles. The van der Waals surface area contributed by atoms with Gasteiger partial charge in [-0.15, -0.1) is 0 Å². The molecule has 4 N–H and O–H groups in total. The number of hydrogen-bond donors (Lipinski definition) is 3. The van der Waals surface area contributed by atoms with E-state index in [9.17, 15) is 9.59 Å². The molecular formula is C32H33N7O4. The van der Waals surface area contributed by atoms with E-state index in [1.807, 2.05) is 49.4 Å². The van der Waals surface area contributed by atoms with E-state index in [1.165, 1.54) is 0 Å². The third kappa shape index (κ3) is 5.93. The molecule has 0 unspecified atom stereocenters. The molecule has 2 aromatic heterocycles. The summed E-state index contributed by atoms with van der Waals surface area (Å²) >= 11 is 0. The number of nitrogens with two attached hydrogens (primary N) is 1. The molecule has 43 heavy (non-hydrogen) atoms. The topological polar surface area (TPSA) is 138 Å². The lowest BCUT2D eigenvalue weighted by atomic mass is 10.1. The molecule has 0 bridgehead atoms. The average Bonchev–Trinajstić information content (AvgIpc) is 3.27. The summed E-state index contributed by atoms with van der Waals surface area (Å²) in [6.45, 7) is 3.49. The molecule has 0 aliphatic carbocycles. The van der Waals surface area contributed by atoms with Gasteiger partial charge in [-0.2, -0.15) is 4.98 Å². The largest absolute Gasteiger partial charge is 0.489 e. The average molecular weight is 580 g/mol. The molecule has 5 aromatic rings. The first-order valence-electron chi connectivity index (χ1n) is 14.1. The number of anilines is 4. The Hall–Kier alpha value is -5.16. The molecular weight excluding hydrogens is 546 g/mol. The van der Waals surface area contributed by atoms with Gasteiger partial charge in [0.1, 0.15) is 17.9 Å². The van der Waals surface area contributed by atoms with Crippen molar-refractivity contribution in [3.63, 3.8) is 0 Å². The molecule has 1 amide bonds. The highest BCUT2D eigenvalue weighted by molar-refractivity contribution is 6.05. The summed E-state index contributed by atoms with van der Waals surface area (Å²) in [5, 5.41) is 6.15. The monoisotopic (exact) mass is 579 g/mol. The van der Waals surface area contributed by atoms with Crippen LogP contribution >= 0.6 is 0 Å². The number of nitrogens with one attached hydrogen (secondary N) is 2. The second-order valence-corrected chi connectivity index (χ2v) is 10.6. The van der Waals surface area contributed by atoms with Crippen LogP contribution in [0.25, 0.3) is 11.2 Å². The van der Waals surface area contributed by atoms with E-state index in [2.05, 4.69) is 15.6 Å². The van der Waals surface area contributed by atoms with E-state index in [1.54, 1.807) is 46.6 Å². The van der Waals surface area contributed by atoms with E-state index >= 15 is 0 Å². The number of nitrogens with zero attached hydrogens (tertiary/aromatic N) is 4. The number of rotatable bonds is 8. The molecule has 0 radical (unpaired) electrons. The first-order valence-corrected chi connectivity index (χ1v) is 14.1. The van der Waals surface area contributed by atoms with Crippen LogP contribution in [0.2, 0.25) is 0 Å². The highest BCUT2D eigenvalue weighted by Gasteiger charge is 2.23. The maximum Gasteiger partial charge on any atom is 0.330 e. The van der Waals surface area contributed by atoms with Crippen molar-refractivity contribution in [2.45, 2.75) is 32.4 Å². The van der Waals surface area contributed by atoms with Crippen LogP contribution in [0.15, 0.2) is 77.7 Å². The maximum atomic E-state index is 13.1. The summed E-state index contributed by atoms with van der Waals surface area (Å²) in [4.78, 5) is 35.1. The van der Waals surface area contributed by atoms with Crippen LogP contribution in [0.3, 0.4) is 0 Å². The van der Waals surface area contributed by atoms with Gasteiger partial charge in [0.15, 0.2) is 5.65 Å². The Labute approximate surface area is 248 Å². The van der Waals surface area contributed by atoms with Crippen molar-refractivity contribution in [3.05, 3.63) is 100 Å². The van der Waals surface area contributed by atoms with Crippen molar-refractivity contribution in [1.82, 2.24) is 19.1 Å². The van der Waals surface area contributed by atoms with Gasteiger partial charge in [-0.3, -0.25) is 13.9 Å². The van der Waals surface area contributed by atoms with Gasteiger partial charge in [-0.1, -0.05) is 30.3 Å². The molecule has 3 heterocycles. The van der Waals surface area contributed by atoms with Crippen LogP contribution in [0.1, 0.15) is 40.4 Å². The summed E-state index contributed by atoms with van der Waals surface area (Å²) in [5.41, 5.74) is 11.3. The number of carbonyl (C=O) groups excluding carboxylic acids is 1. The minimum Gasteiger partial charge on any atom is -0.489 e. The predicted octanol–water partition coefficient (Wildman–Crippen LogP) is 4.95. The van der Waals surface area contributed by atoms with Crippen molar-refractivity contribution in [2.24, 2.45) is 7.05 Å². The zero-order valence-corrected chi connectivity index (χ0v) is 24.0. The fourth-order valence-corrected chi connectivity index (χ4v) is 5.19. The summed E-state index contributed by atoms with van der Waals surface area (Å²) in [6.07, 6.45) is 3.20. The number of aromatic nitrogens is 4. The molecule has 3 aromatic carbocycles. The zero-order valence-electron chi connectivity index (χ0n) is 24.0. The minimum atomic E-state index is -0.251. The smallest absolute Gasteiger partial charge is 0.330 e. The van der Waals surface area contributed by atoms with E-state index in [-0.39, 0.29) is 24.2 Å². The summed E-state index contributed by atoms with van der Waals surface area (Å²) in [6, 6.07) is 20.2. The number of carbonyl (C=O) groups is 1. The Morgan fingerprint density at radius 2 is 1.88 bits per heavy atom. The predicted molar refractivity (Wildman–Crippen MR) is 166 cm³/mol. The molecule has 1 saturated heterocycles. The second-order valence-electron chi connectivity index (χ2n) is 10.6. The van der Waals surface area contributed by atoms with Gasteiger partial charge in [-0.25, -0.2) is 9.78 Å². The Morgan fingerprint density at radius 1 is 1.07 bits per heavy atom. The number of para-hydroxylation sites is 2. The number of ether oxygens (including phenoxy) is 2. The summed E-state index contributed by atoms with van der Waals surface area (Å²) < 4.78 is 14.9. The summed E-state index contributed by atoms with van der Waals surface area (Å²) in [5.74, 6) is 0.774. The molecule has 1 fully saturated rings. The molecule has 0 saturated carbocycles. The molecule has 0 spiro atoms. The molecule has 6 rings (SSSR count). The first-order chi connectivity index (χ1) is 20.9. The highest BCUT2D eigenvalue weighted by Crippen LogP contribution is 2.27. The van der Waals surface area contributed by atoms with Crippen LogP contribution in [0.5, 0.6) is 5.75 Å². The maximum absolute atomic E-state index is 13.1. The van der Waals surface area contributed by atoms with Crippen LogP contribution in [0.4, 0.5) is 23.0 Å². The Balaban J connectivity index is 1.17. The minimum absolute atomic E-state index is 0.0345. The van der Waals surface area contributed by atoms with Crippen molar-refractivity contribution in [2.75, 3.05) is 29.6 Å². The number of amides is 1. The van der Waals surface area contributed by atoms with E-state index in [0.29, 0.717) is 53.0 Å². The lowest BCUT2D eigenvalue weighted by Crippen LogP contribution is -2.30. The molecule has 1 aliphatic rings. The van der Waals surface area contributed by atoms with Crippen molar-refractivity contribution in [1.29, 1.82) is 0 Å². The van der Waals surface area contributed by atoms with E-state index in [0.717, 1.165) is 29.7 Å². The Kier molecular flexibility index (Phi) is 7.80. The Morgan fingerprint density at radius 3 is 2.70 bits per heavy atom. The fraction of sp³-hybridized carbons (Fsp3) is 0.250. The van der Waals surface area contributed by atoms with Gasteiger partial charge >= 0.3 is 5.69 Å². The van der Waals surface area contributed by atoms with Gasteiger partial charge in [0.05, 0.1) is 17.6 Å². The van der Waals surface area contributed by atoms with Gasteiger partial charge in [-0.05, 0) is 61.2 Å². The number of benzene rings is 3. The van der Waals surface area contributed by atoms with Gasteiger partial charge < -0.3 is 25.8 Å². The molecule has 220 valence electrons. The second kappa shape index (κ2) is 12.0. The SMILES string of the molecule is Cc1ccc(OCc2cccc(C(=O)Nc3ccccc3N)c2)cc1Nc1ncc2c(n1)n(C1CCOCC1)c(=O)n2C. The molecule has 11 heteroatoms. The Bertz CT molecular complexity index is 1860. The van der Waals surface area contributed by atoms with E-state index < -0.39 is 0 Å². The standard InChI is InChI=1S/C32H33N7O4/c1-20-10-11-24(43-19-21-6-5-7-22(16-21)30(40)35-26-9-4-3-8-25(26)33)17-27(20)36-31-34-18-28-29(37-31)39(32(41)38(28)2)23-12-14-42-15-13-23/h3-11,16-18,23H,12-15,19,33H2,1-2H3,(H,35,40)(H,34,36,37). The fourth-order valence-electron chi connectivity index (χ4n) is 5.19. The van der Waals surface area contributed by atoms with Gasteiger partial charge in [0, 0.05) is 43.6 Å². The number of aryl methyl sites for hydroxylation is 2. The van der Waals surface area contributed by atoms with Crippen LogP contribution < -0.4 is 26.8 Å². The lowest BCUT2D eigenvalue weighted by Gasteiger charge is -2.22. The molecule has 11 nitrogen and oxygen atoms in total. The highest BCUT2D eigenvalue weighted by atomic mass is 16.5. The zero-order chi connectivity index (χ0) is 29.9. The first kappa shape index (κ1) is 28.0.